The quantitative estimate of drug-likeness (QED) is 0.275. The molecule has 0 radical (unpaired) electrons. The van der Waals surface area contributed by atoms with Gasteiger partial charge in [0, 0.05) is 0 Å². The van der Waals surface area contributed by atoms with Gasteiger partial charge in [0.05, 0.1) is 38.1 Å². The van der Waals surface area contributed by atoms with Crippen molar-refractivity contribution in [3.05, 3.63) is 11.8 Å². The summed E-state index contributed by atoms with van der Waals surface area (Å²) in [5, 5.41) is 0. The van der Waals surface area contributed by atoms with Crippen molar-refractivity contribution in [2.24, 2.45) is 0 Å². The van der Waals surface area contributed by atoms with Crippen LogP contribution in [0, 0.1) is 0 Å². The maximum Gasteiger partial charge on any atom is 0.346 e. The standard InChI is InChI=1S/C14H22O7/c1-5-18-12(15)8-11(14(17)20-7-3)9-21-10(4)13(16)19-6-2/h9-10H,5-8H2,1-4H3/b11-9-/t10-/m0/s1. The van der Waals surface area contributed by atoms with Crippen molar-refractivity contribution in [3.8, 4) is 0 Å². The first-order valence-corrected chi connectivity index (χ1v) is 6.80. The maximum atomic E-state index is 11.7. The van der Waals surface area contributed by atoms with Crippen LogP contribution in [0.1, 0.15) is 34.1 Å². The molecule has 0 amide bonds. The summed E-state index contributed by atoms with van der Waals surface area (Å²) < 4.78 is 19.5. The Morgan fingerprint density at radius 1 is 0.952 bits per heavy atom. The normalized spacial score (nSPS) is 12.3. The predicted molar refractivity (Wildman–Crippen MR) is 73.1 cm³/mol. The van der Waals surface area contributed by atoms with Gasteiger partial charge in [0.15, 0.2) is 6.10 Å². The Labute approximate surface area is 124 Å². The van der Waals surface area contributed by atoms with Crippen LogP contribution in [-0.4, -0.2) is 43.8 Å². The third-order valence-corrected chi connectivity index (χ3v) is 2.21. The summed E-state index contributed by atoms with van der Waals surface area (Å²) in [5.74, 6) is -1.83. The molecule has 0 spiro atoms. The average Bonchev–Trinajstić information content (AvgIpc) is 2.43. The molecule has 0 aliphatic carbocycles. The van der Waals surface area contributed by atoms with Crippen molar-refractivity contribution >= 4 is 17.9 Å². The van der Waals surface area contributed by atoms with Crippen LogP contribution < -0.4 is 0 Å². The first kappa shape index (κ1) is 18.9. The minimum Gasteiger partial charge on any atom is -0.486 e. The van der Waals surface area contributed by atoms with Crippen molar-refractivity contribution in [1.29, 1.82) is 0 Å². The summed E-state index contributed by atoms with van der Waals surface area (Å²) in [5.41, 5.74) is -0.0218. The first-order chi connectivity index (χ1) is 9.96. The van der Waals surface area contributed by atoms with E-state index < -0.39 is 24.0 Å². The second kappa shape index (κ2) is 10.7. The summed E-state index contributed by atoms with van der Waals surface area (Å²) in [6, 6.07) is 0. The van der Waals surface area contributed by atoms with E-state index in [-0.39, 0.29) is 31.8 Å². The van der Waals surface area contributed by atoms with Gasteiger partial charge in [-0.05, 0) is 27.7 Å². The van der Waals surface area contributed by atoms with Crippen molar-refractivity contribution in [1.82, 2.24) is 0 Å². The minimum absolute atomic E-state index is 0.0218. The summed E-state index contributed by atoms with van der Waals surface area (Å²) in [4.78, 5) is 34.5. The number of ether oxygens (including phenoxy) is 4. The molecule has 21 heavy (non-hydrogen) atoms. The predicted octanol–water partition coefficient (Wildman–Crippen LogP) is 1.35. The third kappa shape index (κ3) is 7.96. The summed E-state index contributed by atoms with van der Waals surface area (Å²) in [6.45, 7) is 7.03. The monoisotopic (exact) mass is 302 g/mol. The van der Waals surface area contributed by atoms with Gasteiger partial charge in [-0.2, -0.15) is 0 Å². The van der Waals surface area contributed by atoms with Crippen LogP contribution in [0.5, 0.6) is 0 Å². The highest BCUT2D eigenvalue weighted by molar-refractivity contribution is 5.93. The van der Waals surface area contributed by atoms with Crippen LogP contribution in [0.15, 0.2) is 11.8 Å². The Hall–Kier alpha value is -2.05. The van der Waals surface area contributed by atoms with Crippen LogP contribution in [0.4, 0.5) is 0 Å². The fraction of sp³-hybridized carbons (Fsp3) is 0.643. The molecule has 0 aromatic rings. The zero-order valence-electron chi connectivity index (χ0n) is 12.8. The summed E-state index contributed by atoms with van der Waals surface area (Å²) >= 11 is 0. The highest BCUT2D eigenvalue weighted by Gasteiger charge is 2.19. The molecule has 0 aliphatic rings. The average molecular weight is 302 g/mol. The van der Waals surface area contributed by atoms with Gasteiger partial charge in [-0.1, -0.05) is 0 Å². The summed E-state index contributed by atoms with van der Waals surface area (Å²) in [6.07, 6.45) is -0.143. The van der Waals surface area contributed by atoms with Gasteiger partial charge in [-0.15, -0.1) is 0 Å². The molecule has 0 aromatic carbocycles. The van der Waals surface area contributed by atoms with Crippen molar-refractivity contribution < 1.29 is 33.3 Å². The molecule has 120 valence electrons. The van der Waals surface area contributed by atoms with Gasteiger partial charge in [-0.3, -0.25) is 4.79 Å². The van der Waals surface area contributed by atoms with Crippen LogP contribution in [0.3, 0.4) is 0 Å². The van der Waals surface area contributed by atoms with Gasteiger partial charge >= 0.3 is 17.9 Å². The largest absolute Gasteiger partial charge is 0.486 e. The molecule has 7 nitrogen and oxygen atoms in total. The molecule has 0 rings (SSSR count). The van der Waals surface area contributed by atoms with E-state index in [0.29, 0.717) is 0 Å². The molecule has 0 heterocycles. The second-order valence-corrected chi connectivity index (χ2v) is 3.88. The van der Waals surface area contributed by atoms with Gasteiger partial charge < -0.3 is 18.9 Å². The van der Waals surface area contributed by atoms with Gasteiger partial charge in [0.25, 0.3) is 0 Å². The Kier molecular flexibility index (Phi) is 9.66. The Bertz CT molecular complexity index is 387. The SMILES string of the molecule is CCOC(=O)C/C(=C/O[C@@H](C)C(=O)OCC)C(=O)OCC. The highest BCUT2D eigenvalue weighted by Crippen LogP contribution is 2.08. The lowest BCUT2D eigenvalue weighted by Gasteiger charge is -2.12. The van der Waals surface area contributed by atoms with E-state index >= 15 is 0 Å². The van der Waals surface area contributed by atoms with Gasteiger partial charge in [0.2, 0.25) is 0 Å². The third-order valence-electron chi connectivity index (χ3n) is 2.21. The molecule has 0 N–H and O–H groups in total. The number of hydrogen-bond donors (Lipinski definition) is 0. The van der Waals surface area contributed by atoms with Crippen LogP contribution >= 0.6 is 0 Å². The van der Waals surface area contributed by atoms with Gasteiger partial charge in [0.1, 0.15) is 0 Å². The van der Waals surface area contributed by atoms with Gasteiger partial charge in [-0.25, -0.2) is 9.59 Å². The first-order valence-electron chi connectivity index (χ1n) is 6.80. The molecular weight excluding hydrogens is 280 g/mol. The lowest BCUT2D eigenvalue weighted by atomic mass is 10.2. The van der Waals surface area contributed by atoms with E-state index in [1.165, 1.54) is 6.92 Å². The number of carbonyl (C=O) groups is 3. The van der Waals surface area contributed by atoms with E-state index in [0.717, 1.165) is 6.26 Å². The zero-order valence-corrected chi connectivity index (χ0v) is 12.8. The maximum absolute atomic E-state index is 11.7. The molecule has 0 saturated heterocycles. The van der Waals surface area contributed by atoms with Crippen molar-refractivity contribution in [2.75, 3.05) is 19.8 Å². The Balaban J connectivity index is 4.77. The van der Waals surface area contributed by atoms with Crippen LogP contribution in [0.2, 0.25) is 0 Å². The summed E-state index contributed by atoms with van der Waals surface area (Å²) in [7, 11) is 0. The zero-order chi connectivity index (χ0) is 16.3. The van der Waals surface area contributed by atoms with Crippen molar-refractivity contribution in [2.45, 2.75) is 40.2 Å². The van der Waals surface area contributed by atoms with E-state index in [1.807, 2.05) is 0 Å². The minimum atomic E-state index is -0.892. The molecule has 0 unspecified atom stereocenters. The molecule has 1 atom stereocenters. The Morgan fingerprint density at radius 2 is 1.52 bits per heavy atom. The van der Waals surface area contributed by atoms with E-state index in [4.69, 9.17) is 18.9 Å². The highest BCUT2D eigenvalue weighted by atomic mass is 16.6. The molecule has 0 saturated carbocycles. The molecule has 0 bridgehead atoms. The number of esters is 3. The number of hydrogen-bond acceptors (Lipinski definition) is 7. The lowest BCUT2D eigenvalue weighted by molar-refractivity contribution is -0.152. The topological polar surface area (TPSA) is 88.1 Å². The molecule has 0 aromatic heterocycles. The smallest absolute Gasteiger partial charge is 0.346 e. The second-order valence-electron chi connectivity index (χ2n) is 3.88. The molecule has 0 aliphatic heterocycles. The van der Waals surface area contributed by atoms with Crippen molar-refractivity contribution in [3.63, 3.8) is 0 Å². The Morgan fingerprint density at radius 3 is 2.05 bits per heavy atom. The molecule has 7 heteroatoms. The number of carbonyl (C=O) groups excluding carboxylic acids is 3. The van der Waals surface area contributed by atoms with Crippen LogP contribution in [-0.2, 0) is 33.3 Å². The fourth-order valence-electron chi connectivity index (χ4n) is 1.25. The van der Waals surface area contributed by atoms with E-state index in [2.05, 4.69) is 0 Å². The van der Waals surface area contributed by atoms with E-state index in [9.17, 15) is 14.4 Å². The molecular formula is C14H22O7. The lowest BCUT2D eigenvalue weighted by Crippen LogP contribution is -2.22. The fourth-order valence-corrected chi connectivity index (χ4v) is 1.25. The van der Waals surface area contributed by atoms with Crippen LogP contribution in [0.25, 0.3) is 0 Å². The molecule has 0 fully saturated rings. The number of rotatable bonds is 9. The van der Waals surface area contributed by atoms with E-state index in [1.54, 1.807) is 20.8 Å².